The van der Waals surface area contributed by atoms with Gasteiger partial charge in [0.25, 0.3) is 0 Å². The number of anilines is 1. The Bertz CT molecular complexity index is 660. The van der Waals surface area contributed by atoms with Crippen LogP contribution in [0.3, 0.4) is 0 Å². The molecule has 7 nitrogen and oxygen atoms in total. The molecular weight excluding hydrogens is 314 g/mol. The second-order valence-electron chi connectivity index (χ2n) is 6.19. The first-order valence-electron chi connectivity index (χ1n) is 8.97. The second-order valence-corrected chi connectivity index (χ2v) is 6.19. The summed E-state index contributed by atoms with van der Waals surface area (Å²) in [5.74, 6) is 1.90. The summed E-state index contributed by atoms with van der Waals surface area (Å²) in [5, 5.41) is 10.9. The van der Waals surface area contributed by atoms with Crippen LogP contribution in [0.1, 0.15) is 24.8 Å². The molecule has 134 valence electrons. The van der Waals surface area contributed by atoms with Crippen LogP contribution in [0.2, 0.25) is 0 Å². The number of nitrogens with zero attached hydrogens (tertiary/aromatic N) is 5. The third-order valence-corrected chi connectivity index (χ3v) is 4.34. The van der Waals surface area contributed by atoms with Gasteiger partial charge in [0.05, 0.1) is 0 Å². The number of aryl methyl sites for hydroxylation is 1. The van der Waals surface area contributed by atoms with Crippen molar-refractivity contribution in [2.24, 2.45) is 4.99 Å². The zero-order valence-corrected chi connectivity index (χ0v) is 14.9. The smallest absolute Gasteiger partial charge is 0.191 e. The van der Waals surface area contributed by atoms with E-state index in [1.54, 1.807) is 13.2 Å². The maximum Gasteiger partial charge on any atom is 0.191 e. The summed E-state index contributed by atoms with van der Waals surface area (Å²) in [4.78, 5) is 11.1. The van der Waals surface area contributed by atoms with Gasteiger partial charge in [-0.1, -0.05) is 0 Å². The van der Waals surface area contributed by atoms with E-state index in [9.17, 15) is 0 Å². The van der Waals surface area contributed by atoms with Crippen molar-refractivity contribution in [3.8, 4) is 0 Å². The maximum atomic E-state index is 4.50. The van der Waals surface area contributed by atoms with Crippen molar-refractivity contribution < 1.29 is 0 Å². The molecule has 0 bridgehead atoms. The van der Waals surface area contributed by atoms with Crippen molar-refractivity contribution in [3.63, 3.8) is 0 Å². The van der Waals surface area contributed by atoms with Crippen LogP contribution in [0.25, 0.3) is 0 Å². The fourth-order valence-electron chi connectivity index (χ4n) is 2.98. The highest BCUT2D eigenvalue weighted by Crippen LogP contribution is 2.18. The lowest BCUT2D eigenvalue weighted by molar-refractivity contribution is 0.570. The molecule has 3 heterocycles. The van der Waals surface area contributed by atoms with Crippen molar-refractivity contribution in [3.05, 3.63) is 42.4 Å². The quantitative estimate of drug-likeness (QED) is 0.455. The van der Waals surface area contributed by atoms with Gasteiger partial charge in [-0.3, -0.25) is 9.67 Å². The number of nitrogens with one attached hydrogen (secondary N) is 2. The molecule has 0 amide bonds. The minimum atomic E-state index is 0.738. The molecule has 1 aliphatic heterocycles. The van der Waals surface area contributed by atoms with Gasteiger partial charge in [0.15, 0.2) is 5.96 Å². The zero-order chi connectivity index (χ0) is 17.3. The lowest BCUT2D eigenvalue weighted by Crippen LogP contribution is -2.37. The summed E-state index contributed by atoms with van der Waals surface area (Å²) >= 11 is 0. The monoisotopic (exact) mass is 341 g/mol. The molecule has 0 radical (unpaired) electrons. The third-order valence-electron chi connectivity index (χ3n) is 4.34. The van der Waals surface area contributed by atoms with Crippen LogP contribution in [0.15, 0.2) is 41.8 Å². The van der Waals surface area contributed by atoms with Gasteiger partial charge in [-0.15, -0.1) is 0 Å². The third kappa shape index (κ3) is 5.20. The average Bonchev–Trinajstić information content (AvgIpc) is 3.35. The summed E-state index contributed by atoms with van der Waals surface area (Å²) < 4.78 is 1.94. The molecule has 2 aromatic heterocycles. The molecule has 2 aromatic rings. The van der Waals surface area contributed by atoms with Crippen LogP contribution in [-0.4, -0.2) is 47.4 Å². The van der Waals surface area contributed by atoms with Crippen LogP contribution in [0.5, 0.6) is 0 Å². The van der Waals surface area contributed by atoms with Crippen LogP contribution < -0.4 is 15.5 Å². The SMILES string of the molecule is CN=C(NCCCn1cccn1)NCc1ccnc(N2CCCC2)c1. The second kappa shape index (κ2) is 9.05. The highest BCUT2D eigenvalue weighted by molar-refractivity contribution is 5.79. The Balaban J connectivity index is 1.42. The minimum Gasteiger partial charge on any atom is -0.357 e. The number of aromatic nitrogens is 3. The standard InChI is InChI=1S/C18H27N7/c1-19-18(21-7-4-12-25-13-5-8-23-25)22-15-16-6-9-20-17(14-16)24-10-2-3-11-24/h5-6,8-9,13-14H,2-4,7,10-12,15H2,1H3,(H2,19,21,22). The normalized spacial score (nSPS) is 14.8. The van der Waals surface area contributed by atoms with Gasteiger partial charge < -0.3 is 15.5 Å². The number of hydrogen-bond acceptors (Lipinski definition) is 4. The number of hydrogen-bond donors (Lipinski definition) is 2. The van der Waals surface area contributed by atoms with Crippen LogP contribution in [0, 0.1) is 0 Å². The number of rotatable bonds is 7. The molecule has 3 rings (SSSR count). The first kappa shape index (κ1) is 17.3. The van der Waals surface area contributed by atoms with Crippen molar-refractivity contribution in [1.29, 1.82) is 0 Å². The zero-order valence-electron chi connectivity index (χ0n) is 14.9. The van der Waals surface area contributed by atoms with Crippen LogP contribution >= 0.6 is 0 Å². The Hall–Kier alpha value is -2.57. The van der Waals surface area contributed by atoms with E-state index in [-0.39, 0.29) is 0 Å². The van der Waals surface area contributed by atoms with E-state index >= 15 is 0 Å². The summed E-state index contributed by atoms with van der Waals surface area (Å²) in [6.45, 7) is 4.73. The Morgan fingerprint density at radius 2 is 2.12 bits per heavy atom. The highest BCUT2D eigenvalue weighted by atomic mass is 15.3. The van der Waals surface area contributed by atoms with E-state index < -0.39 is 0 Å². The number of aliphatic imine (C=N–C) groups is 1. The van der Waals surface area contributed by atoms with E-state index in [1.807, 2.05) is 23.1 Å². The molecule has 2 N–H and O–H groups in total. The largest absolute Gasteiger partial charge is 0.357 e. The van der Waals surface area contributed by atoms with Gasteiger partial charge >= 0.3 is 0 Å². The minimum absolute atomic E-state index is 0.738. The molecule has 7 heteroatoms. The van der Waals surface area contributed by atoms with Gasteiger partial charge in [-0.05, 0) is 43.0 Å². The molecule has 1 saturated heterocycles. The van der Waals surface area contributed by atoms with Gasteiger partial charge in [0.1, 0.15) is 5.82 Å². The number of guanidine groups is 1. The molecular formula is C18H27N7. The molecule has 0 aromatic carbocycles. The van der Waals surface area contributed by atoms with Crippen molar-refractivity contribution in [2.45, 2.75) is 32.4 Å². The first-order chi connectivity index (χ1) is 12.3. The molecule has 0 saturated carbocycles. The topological polar surface area (TPSA) is 70.4 Å². The molecule has 1 fully saturated rings. The lowest BCUT2D eigenvalue weighted by Gasteiger charge is -2.17. The highest BCUT2D eigenvalue weighted by Gasteiger charge is 2.13. The Morgan fingerprint density at radius 3 is 2.88 bits per heavy atom. The molecule has 0 spiro atoms. The average molecular weight is 341 g/mol. The van der Waals surface area contributed by atoms with Crippen molar-refractivity contribution in [1.82, 2.24) is 25.4 Å². The van der Waals surface area contributed by atoms with Crippen molar-refractivity contribution >= 4 is 11.8 Å². The first-order valence-corrected chi connectivity index (χ1v) is 8.97. The molecule has 0 unspecified atom stereocenters. The Labute approximate surface area is 149 Å². The molecule has 25 heavy (non-hydrogen) atoms. The van der Waals surface area contributed by atoms with Gasteiger partial charge in [0.2, 0.25) is 0 Å². The fraction of sp³-hybridized carbons (Fsp3) is 0.500. The summed E-state index contributed by atoms with van der Waals surface area (Å²) in [6, 6.07) is 6.17. The van der Waals surface area contributed by atoms with Crippen molar-refractivity contribution in [2.75, 3.05) is 31.6 Å². The Kier molecular flexibility index (Phi) is 6.25. The predicted octanol–water partition coefficient (Wildman–Crippen LogP) is 1.63. The summed E-state index contributed by atoms with van der Waals surface area (Å²) in [5.41, 5.74) is 1.22. The molecule has 0 aliphatic carbocycles. The van der Waals surface area contributed by atoms with Gasteiger partial charge in [-0.25, -0.2) is 4.98 Å². The van der Waals surface area contributed by atoms with E-state index in [0.717, 1.165) is 50.9 Å². The predicted molar refractivity (Wildman–Crippen MR) is 101 cm³/mol. The summed E-state index contributed by atoms with van der Waals surface area (Å²) in [7, 11) is 1.80. The van der Waals surface area contributed by atoms with Crippen LogP contribution in [-0.2, 0) is 13.1 Å². The van der Waals surface area contributed by atoms with E-state index in [0.29, 0.717) is 0 Å². The maximum absolute atomic E-state index is 4.50. The number of pyridine rings is 1. The van der Waals surface area contributed by atoms with E-state index in [4.69, 9.17) is 0 Å². The molecule has 0 atom stereocenters. The summed E-state index contributed by atoms with van der Waals surface area (Å²) in [6.07, 6.45) is 9.20. The van der Waals surface area contributed by atoms with Crippen LogP contribution in [0.4, 0.5) is 5.82 Å². The Morgan fingerprint density at radius 1 is 1.24 bits per heavy atom. The van der Waals surface area contributed by atoms with Gasteiger partial charge in [-0.2, -0.15) is 5.10 Å². The fourth-order valence-corrected chi connectivity index (χ4v) is 2.98. The van der Waals surface area contributed by atoms with Gasteiger partial charge in [0, 0.05) is 58.4 Å². The van der Waals surface area contributed by atoms with E-state index in [2.05, 4.69) is 42.7 Å². The lowest BCUT2D eigenvalue weighted by atomic mass is 10.2. The van der Waals surface area contributed by atoms with E-state index in [1.165, 1.54) is 18.4 Å². The molecule has 1 aliphatic rings.